The van der Waals surface area contributed by atoms with Gasteiger partial charge in [-0.3, -0.25) is 0 Å². The van der Waals surface area contributed by atoms with Gasteiger partial charge in [0, 0.05) is 26.1 Å². The van der Waals surface area contributed by atoms with Crippen molar-refractivity contribution in [2.75, 3.05) is 20.7 Å². The van der Waals surface area contributed by atoms with Crippen LogP contribution in [-0.2, 0) is 21.5 Å². The SMILES string of the molecule is CC.CCCC(C)C1=C(CCC(C)CN(C)C(N)=NC2(C=O)c3cc(C#N)ccc3CC23CCC(OC)CC3)C1. The van der Waals surface area contributed by atoms with E-state index >= 15 is 0 Å². The number of carbonyl (C=O) groups excluding carboxylic acids is 1. The van der Waals surface area contributed by atoms with Crippen LogP contribution in [0, 0.1) is 28.6 Å². The molecule has 3 atom stereocenters. The van der Waals surface area contributed by atoms with Crippen molar-refractivity contribution in [3.8, 4) is 6.07 Å². The van der Waals surface area contributed by atoms with Crippen molar-refractivity contribution in [2.24, 2.45) is 28.0 Å². The molecule has 0 bridgehead atoms. The van der Waals surface area contributed by atoms with Crippen molar-refractivity contribution < 1.29 is 9.53 Å². The maximum atomic E-state index is 13.1. The number of carbonyl (C=O) groups is 1. The Labute approximate surface area is 243 Å². The second kappa shape index (κ2) is 13.8. The summed E-state index contributed by atoms with van der Waals surface area (Å²) in [7, 11) is 3.74. The number of benzene rings is 1. The Bertz CT molecular complexity index is 1130. The van der Waals surface area contributed by atoms with Gasteiger partial charge in [-0.15, -0.1) is 0 Å². The van der Waals surface area contributed by atoms with Gasteiger partial charge in [0.05, 0.1) is 17.7 Å². The quantitative estimate of drug-likeness (QED) is 0.140. The number of hydrogen-bond donors (Lipinski definition) is 1. The van der Waals surface area contributed by atoms with Crippen molar-refractivity contribution in [1.29, 1.82) is 5.26 Å². The third-order valence-electron chi connectivity index (χ3n) is 9.64. The lowest BCUT2D eigenvalue weighted by Crippen LogP contribution is -2.49. The molecule has 6 nitrogen and oxygen atoms in total. The zero-order valence-corrected chi connectivity index (χ0v) is 26.1. The van der Waals surface area contributed by atoms with Crippen molar-refractivity contribution in [2.45, 2.75) is 110 Å². The summed E-state index contributed by atoms with van der Waals surface area (Å²) in [6.45, 7) is 11.7. The molecule has 40 heavy (non-hydrogen) atoms. The summed E-state index contributed by atoms with van der Waals surface area (Å²) in [5.41, 5.74) is 11.1. The average molecular weight is 549 g/mol. The van der Waals surface area contributed by atoms with E-state index in [0.29, 0.717) is 17.4 Å². The maximum Gasteiger partial charge on any atom is 0.192 e. The normalized spacial score (nSPS) is 26.9. The number of nitrogens with two attached hydrogens (primary N) is 1. The summed E-state index contributed by atoms with van der Waals surface area (Å²) in [4.78, 5) is 20.2. The van der Waals surface area contributed by atoms with E-state index in [1.165, 1.54) is 25.7 Å². The standard InChI is InChI=1S/C32H46N4O2.C2H6/c1-6-7-23(3)28-17-25(28)10-8-22(2)20-36(4)30(34)35-32(21-37)29-16-24(19-33)9-11-26(29)18-31(32)14-12-27(38-5)13-15-31;1-2/h9,11,16,21-23,27H,6-8,10,12-15,17-18,20H2,1-5H3,(H2,34,35);1-2H3. The van der Waals surface area contributed by atoms with Crippen LogP contribution in [0.4, 0.5) is 0 Å². The first-order valence-corrected chi connectivity index (χ1v) is 15.5. The molecule has 1 aromatic carbocycles. The van der Waals surface area contributed by atoms with Gasteiger partial charge in [0.2, 0.25) is 0 Å². The van der Waals surface area contributed by atoms with Gasteiger partial charge in [0.15, 0.2) is 17.8 Å². The first-order chi connectivity index (χ1) is 19.2. The number of fused-ring (bicyclic) bond motifs is 1. The molecule has 3 aliphatic rings. The number of allylic oxidation sites excluding steroid dienone is 2. The van der Waals surface area contributed by atoms with Crippen molar-refractivity contribution >= 4 is 12.2 Å². The van der Waals surface area contributed by atoms with Crippen LogP contribution in [0.2, 0.25) is 0 Å². The molecule has 1 aromatic rings. The molecular weight excluding hydrogens is 496 g/mol. The minimum absolute atomic E-state index is 0.209. The molecule has 0 aromatic heterocycles. The van der Waals surface area contributed by atoms with E-state index < -0.39 is 5.54 Å². The van der Waals surface area contributed by atoms with E-state index in [1.54, 1.807) is 18.3 Å². The summed E-state index contributed by atoms with van der Waals surface area (Å²) in [5.74, 6) is 1.59. The number of hydrogen-bond acceptors (Lipinski definition) is 4. The fraction of sp³-hybridized carbons (Fsp3) is 0.676. The van der Waals surface area contributed by atoms with E-state index in [1.807, 2.05) is 44.0 Å². The summed E-state index contributed by atoms with van der Waals surface area (Å²) < 4.78 is 5.64. The Hall–Kier alpha value is -2.65. The molecule has 0 aliphatic heterocycles. The number of methoxy groups -OCH3 is 1. The topological polar surface area (TPSA) is 91.7 Å². The molecule has 220 valence electrons. The number of nitriles is 1. The van der Waals surface area contributed by atoms with Crippen molar-refractivity contribution in [3.63, 3.8) is 0 Å². The van der Waals surface area contributed by atoms with Gasteiger partial charge in [-0.05, 0) is 92.9 Å². The van der Waals surface area contributed by atoms with E-state index in [4.69, 9.17) is 15.5 Å². The highest BCUT2D eigenvalue weighted by atomic mass is 16.5. The zero-order chi connectivity index (χ0) is 29.5. The number of aliphatic imine (C=N–C) groups is 1. The van der Waals surface area contributed by atoms with Crippen LogP contribution in [0.5, 0.6) is 0 Å². The van der Waals surface area contributed by atoms with E-state index in [-0.39, 0.29) is 11.5 Å². The van der Waals surface area contributed by atoms with Gasteiger partial charge in [0.25, 0.3) is 0 Å². The molecular formula is C34H52N4O2. The first kappa shape index (κ1) is 31.9. The largest absolute Gasteiger partial charge is 0.381 e. The van der Waals surface area contributed by atoms with Crippen LogP contribution in [0.15, 0.2) is 34.3 Å². The third-order valence-corrected chi connectivity index (χ3v) is 9.64. The molecule has 3 aliphatic carbocycles. The molecule has 1 fully saturated rings. The Balaban J connectivity index is 0.00000216. The monoisotopic (exact) mass is 548 g/mol. The minimum Gasteiger partial charge on any atom is -0.381 e. The number of guanidine groups is 1. The predicted octanol–water partition coefficient (Wildman–Crippen LogP) is 6.91. The van der Waals surface area contributed by atoms with Crippen LogP contribution in [0.25, 0.3) is 0 Å². The lowest BCUT2D eigenvalue weighted by molar-refractivity contribution is -0.118. The van der Waals surface area contributed by atoms with Gasteiger partial charge in [-0.25, -0.2) is 4.99 Å². The fourth-order valence-electron chi connectivity index (χ4n) is 7.17. The molecule has 1 saturated carbocycles. The molecule has 3 unspecified atom stereocenters. The second-order valence-electron chi connectivity index (χ2n) is 12.2. The second-order valence-corrected chi connectivity index (χ2v) is 12.2. The molecule has 0 saturated heterocycles. The predicted molar refractivity (Wildman–Crippen MR) is 164 cm³/mol. The Kier molecular flexibility index (Phi) is 11.0. The van der Waals surface area contributed by atoms with Gasteiger partial charge >= 0.3 is 0 Å². The smallest absolute Gasteiger partial charge is 0.192 e. The molecule has 6 heteroatoms. The van der Waals surface area contributed by atoms with Gasteiger partial charge in [-0.1, -0.05) is 58.3 Å². The molecule has 1 spiro atoms. The number of ether oxygens (including phenoxy) is 1. The molecule has 0 amide bonds. The average Bonchev–Trinajstić information content (AvgIpc) is 3.71. The highest BCUT2D eigenvalue weighted by molar-refractivity contribution is 5.84. The van der Waals surface area contributed by atoms with Crippen molar-refractivity contribution in [3.05, 3.63) is 46.0 Å². The van der Waals surface area contributed by atoms with Crippen molar-refractivity contribution in [1.82, 2.24) is 4.90 Å². The van der Waals surface area contributed by atoms with Crippen LogP contribution in [0.1, 0.15) is 109 Å². The third kappa shape index (κ3) is 6.46. The maximum absolute atomic E-state index is 13.1. The van der Waals surface area contributed by atoms with E-state index in [9.17, 15) is 10.1 Å². The van der Waals surface area contributed by atoms with Gasteiger partial charge in [0.1, 0.15) is 0 Å². The number of aldehydes is 1. The summed E-state index contributed by atoms with van der Waals surface area (Å²) >= 11 is 0. The lowest BCUT2D eigenvalue weighted by atomic mass is 9.62. The number of nitrogens with zero attached hydrogens (tertiary/aromatic N) is 3. The fourth-order valence-corrected chi connectivity index (χ4v) is 7.17. The lowest BCUT2D eigenvalue weighted by Gasteiger charge is -2.45. The molecule has 0 radical (unpaired) electrons. The number of rotatable bonds is 11. The first-order valence-electron chi connectivity index (χ1n) is 15.5. The Morgan fingerprint density at radius 1 is 1.27 bits per heavy atom. The minimum atomic E-state index is -1.08. The summed E-state index contributed by atoms with van der Waals surface area (Å²) in [6.07, 6.45) is 11.5. The highest BCUT2D eigenvalue weighted by Gasteiger charge is 2.59. The molecule has 0 heterocycles. The van der Waals surface area contributed by atoms with Gasteiger partial charge < -0.3 is 20.2 Å². The van der Waals surface area contributed by atoms with Crippen LogP contribution in [-0.4, -0.2) is 44.0 Å². The summed E-state index contributed by atoms with van der Waals surface area (Å²) in [5, 5.41) is 9.59. The van der Waals surface area contributed by atoms with Gasteiger partial charge in [-0.2, -0.15) is 5.26 Å². The summed E-state index contributed by atoms with van der Waals surface area (Å²) in [6, 6.07) is 7.95. The van der Waals surface area contributed by atoms with Crippen LogP contribution >= 0.6 is 0 Å². The van der Waals surface area contributed by atoms with E-state index in [2.05, 4.69) is 26.8 Å². The Morgan fingerprint density at radius 2 is 1.98 bits per heavy atom. The molecule has 2 N–H and O–H groups in total. The van der Waals surface area contributed by atoms with E-state index in [0.717, 1.165) is 68.4 Å². The van der Waals surface area contributed by atoms with Crippen LogP contribution in [0.3, 0.4) is 0 Å². The highest BCUT2D eigenvalue weighted by Crippen LogP contribution is 2.59. The molecule has 4 rings (SSSR count). The zero-order valence-electron chi connectivity index (χ0n) is 26.1. The van der Waals surface area contributed by atoms with Crippen LogP contribution < -0.4 is 5.73 Å². The Morgan fingerprint density at radius 3 is 2.58 bits per heavy atom.